The van der Waals surface area contributed by atoms with E-state index in [2.05, 4.69) is 10.6 Å². The van der Waals surface area contributed by atoms with Gasteiger partial charge >= 0.3 is 0 Å². The number of para-hydroxylation sites is 1. The number of carbonyl (C=O) groups is 2. The van der Waals surface area contributed by atoms with Gasteiger partial charge in [-0.15, -0.1) is 11.6 Å². The molecule has 1 amide bonds. The average Bonchev–Trinajstić information content (AvgIpc) is 2.55. The summed E-state index contributed by atoms with van der Waals surface area (Å²) in [5.41, 5.74) is 2.50. The summed E-state index contributed by atoms with van der Waals surface area (Å²) in [6, 6.07) is 16.7. The Morgan fingerprint density at radius 2 is 1.59 bits per heavy atom. The Morgan fingerprint density at radius 1 is 0.909 bits per heavy atom. The first-order valence-electron chi connectivity index (χ1n) is 6.93. The molecule has 114 valence electrons. The molecule has 0 heterocycles. The lowest BCUT2D eigenvalue weighted by Crippen LogP contribution is -2.21. The number of hydrogen-bond acceptors (Lipinski definition) is 3. The van der Waals surface area contributed by atoms with E-state index >= 15 is 0 Å². The Morgan fingerprint density at radius 3 is 2.23 bits per heavy atom. The smallest absolute Gasteiger partial charge is 0.243 e. The minimum atomic E-state index is -0.118. The fourth-order valence-corrected chi connectivity index (χ4v) is 2.02. The fourth-order valence-electron chi connectivity index (χ4n) is 1.92. The summed E-state index contributed by atoms with van der Waals surface area (Å²) in [7, 11) is 0. The van der Waals surface area contributed by atoms with Gasteiger partial charge in [0.1, 0.15) is 0 Å². The number of anilines is 2. The van der Waals surface area contributed by atoms with Crippen LogP contribution in [0.5, 0.6) is 0 Å². The topological polar surface area (TPSA) is 58.2 Å². The molecule has 0 bridgehead atoms. The van der Waals surface area contributed by atoms with Crippen LogP contribution in [0.4, 0.5) is 11.4 Å². The second kappa shape index (κ2) is 8.20. The zero-order valence-corrected chi connectivity index (χ0v) is 12.8. The molecule has 0 unspecified atom stereocenters. The van der Waals surface area contributed by atoms with Gasteiger partial charge in [-0.2, -0.15) is 0 Å². The van der Waals surface area contributed by atoms with Crippen molar-refractivity contribution in [2.45, 2.75) is 6.42 Å². The molecule has 0 fully saturated rings. The molecule has 22 heavy (non-hydrogen) atoms. The number of alkyl halides is 1. The van der Waals surface area contributed by atoms with Crippen molar-refractivity contribution in [1.82, 2.24) is 0 Å². The summed E-state index contributed by atoms with van der Waals surface area (Å²) < 4.78 is 0. The first-order chi connectivity index (χ1) is 10.7. The minimum Gasteiger partial charge on any atom is -0.376 e. The molecule has 0 spiro atoms. The Hall–Kier alpha value is -2.33. The molecule has 2 aromatic rings. The molecule has 0 saturated heterocycles. The molecule has 5 heteroatoms. The third-order valence-corrected chi connectivity index (χ3v) is 3.31. The van der Waals surface area contributed by atoms with Crippen LogP contribution in [0.1, 0.15) is 5.56 Å². The van der Waals surface area contributed by atoms with Crippen molar-refractivity contribution >= 4 is 34.7 Å². The number of carbonyl (C=O) groups excluding carboxylic acids is 2. The predicted molar refractivity (Wildman–Crippen MR) is 89.4 cm³/mol. The van der Waals surface area contributed by atoms with Crippen molar-refractivity contribution in [3.05, 3.63) is 60.2 Å². The van der Waals surface area contributed by atoms with Crippen molar-refractivity contribution in [3.8, 4) is 0 Å². The lowest BCUT2D eigenvalue weighted by Gasteiger charge is -2.08. The maximum absolute atomic E-state index is 11.8. The second-order valence-corrected chi connectivity index (χ2v) is 5.08. The molecule has 2 rings (SSSR count). The van der Waals surface area contributed by atoms with Gasteiger partial charge in [-0.25, -0.2) is 0 Å². The highest BCUT2D eigenvalue weighted by molar-refractivity contribution is 6.27. The Labute approximate surface area is 134 Å². The minimum absolute atomic E-state index is 0.00962. The third kappa shape index (κ3) is 5.22. The maximum Gasteiger partial charge on any atom is 0.243 e. The van der Waals surface area contributed by atoms with E-state index in [1.807, 2.05) is 54.6 Å². The van der Waals surface area contributed by atoms with Crippen LogP contribution >= 0.6 is 11.6 Å². The van der Waals surface area contributed by atoms with Crippen molar-refractivity contribution in [1.29, 1.82) is 0 Å². The normalized spacial score (nSPS) is 10.0. The third-order valence-electron chi connectivity index (χ3n) is 3.01. The van der Waals surface area contributed by atoms with Gasteiger partial charge in [0.25, 0.3) is 0 Å². The monoisotopic (exact) mass is 316 g/mol. The SMILES string of the molecule is O=C(CCl)Cc1ccc(NCC(=O)Nc2ccccc2)cc1. The molecule has 2 aromatic carbocycles. The highest BCUT2D eigenvalue weighted by atomic mass is 35.5. The van der Waals surface area contributed by atoms with Crippen LogP contribution in [-0.2, 0) is 16.0 Å². The van der Waals surface area contributed by atoms with E-state index in [4.69, 9.17) is 11.6 Å². The van der Waals surface area contributed by atoms with Gasteiger partial charge in [-0.1, -0.05) is 30.3 Å². The largest absolute Gasteiger partial charge is 0.376 e. The Kier molecular flexibility index (Phi) is 5.98. The highest BCUT2D eigenvalue weighted by Gasteiger charge is 2.04. The fraction of sp³-hybridized carbons (Fsp3) is 0.176. The van der Waals surface area contributed by atoms with Gasteiger partial charge < -0.3 is 10.6 Å². The number of halogens is 1. The van der Waals surface area contributed by atoms with Gasteiger partial charge in [0.2, 0.25) is 5.91 Å². The molecule has 2 N–H and O–H groups in total. The summed E-state index contributed by atoms with van der Waals surface area (Å²) in [4.78, 5) is 23.1. The number of hydrogen-bond donors (Lipinski definition) is 2. The first kappa shape index (κ1) is 16.0. The highest BCUT2D eigenvalue weighted by Crippen LogP contribution is 2.11. The summed E-state index contributed by atoms with van der Waals surface area (Å²) >= 11 is 5.48. The molecular formula is C17H17ClN2O2. The summed E-state index contributed by atoms with van der Waals surface area (Å²) in [6.45, 7) is 0.175. The van der Waals surface area contributed by atoms with E-state index in [0.29, 0.717) is 6.42 Å². The number of rotatable bonds is 7. The van der Waals surface area contributed by atoms with Gasteiger partial charge in [-0.3, -0.25) is 9.59 Å². The van der Waals surface area contributed by atoms with Gasteiger partial charge in [0.15, 0.2) is 5.78 Å². The van der Waals surface area contributed by atoms with Crippen LogP contribution in [0.3, 0.4) is 0 Å². The second-order valence-electron chi connectivity index (χ2n) is 4.81. The van der Waals surface area contributed by atoms with Crippen LogP contribution in [0.2, 0.25) is 0 Å². The number of benzene rings is 2. The standard InChI is InChI=1S/C17H17ClN2O2/c18-11-16(21)10-13-6-8-14(9-7-13)19-12-17(22)20-15-4-2-1-3-5-15/h1-9,19H,10-12H2,(H,20,22). The molecule has 0 saturated carbocycles. The lowest BCUT2D eigenvalue weighted by atomic mass is 10.1. The van der Waals surface area contributed by atoms with Crippen molar-refractivity contribution in [2.24, 2.45) is 0 Å². The van der Waals surface area contributed by atoms with E-state index in [9.17, 15) is 9.59 Å². The number of Topliss-reactive ketones (excluding diaryl/α,β-unsaturated/α-hetero) is 1. The summed E-state index contributed by atoms with van der Waals surface area (Å²) in [5.74, 6) is -0.100. The summed E-state index contributed by atoms with van der Waals surface area (Å²) in [6.07, 6.45) is 0.332. The van der Waals surface area contributed by atoms with Crippen LogP contribution in [0, 0.1) is 0 Å². The average molecular weight is 317 g/mol. The molecule has 0 atom stereocenters. The quantitative estimate of drug-likeness (QED) is 0.772. The predicted octanol–water partition coefficient (Wildman–Crippen LogP) is 3.09. The van der Waals surface area contributed by atoms with E-state index < -0.39 is 0 Å². The Bertz CT molecular complexity index is 627. The molecule has 0 radical (unpaired) electrons. The van der Waals surface area contributed by atoms with E-state index in [-0.39, 0.29) is 24.1 Å². The Balaban J connectivity index is 1.81. The molecule has 0 aromatic heterocycles. The molecule has 0 aliphatic carbocycles. The van der Waals surface area contributed by atoms with Crippen LogP contribution in [0.25, 0.3) is 0 Å². The molecule has 0 aliphatic rings. The van der Waals surface area contributed by atoms with E-state index in [0.717, 1.165) is 16.9 Å². The van der Waals surface area contributed by atoms with Crippen LogP contribution in [0.15, 0.2) is 54.6 Å². The first-order valence-corrected chi connectivity index (χ1v) is 7.46. The van der Waals surface area contributed by atoms with Crippen LogP contribution in [-0.4, -0.2) is 24.1 Å². The van der Waals surface area contributed by atoms with Crippen LogP contribution < -0.4 is 10.6 Å². The summed E-state index contributed by atoms with van der Waals surface area (Å²) in [5, 5.41) is 5.83. The van der Waals surface area contributed by atoms with E-state index in [1.165, 1.54) is 0 Å². The van der Waals surface area contributed by atoms with Crippen molar-refractivity contribution in [3.63, 3.8) is 0 Å². The zero-order valence-electron chi connectivity index (χ0n) is 12.0. The van der Waals surface area contributed by atoms with Crippen molar-refractivity contribution < 1.29 is 9.59 Å². The number of amides is 1. The zero-order chi connectivity index (χ0) is 15.8. The van der Waals surface area contributed by atoms with Crippen molar-refractivity contribution in [2.75, 3.05) is 23.1 Å². The lowest BCUT2D eigenvalue weighted by molar-refractivity contribution is -0.116. The van der Waals surface area contributed by atoms with E-state index in [1.54, 1.807) is 0 Å². The number of ketones is 1. The molecule has 0 aliphatic heterocycles. The molecule has 4 nitrogen and oxygen atoms in total. The molecular weight excluding hydrogens is 300 g/mol. The van der Waals surface area contributed by atoms with Gasteiger partial charge in [-0.05, 0) is 29.8 Å². The maximum atomic E-state index is 11.8. The number of nitrogens with one attached hydrogen (secondary N) is 2. The van der Waals surface area contributed by atoms with Gasteiger partial charge in [0, 0.05) is 17.8 Å². The van der Waals surface area contributed by atoms with Gasteiger partial charge in [0.05, 0.1) is 12.4 Å².